The maximum atomic E-state index is 10.6. The molecule has 0 aromatic heterocycles. The monoisotopic (exact) mass is 236 g/mol. The third-order valence-electron chi connectivity index (χ3n) is 2.86. The summed E-state index contributed by atoms with van der Waals surface area (Å²) in [5.74, 6) is 0.0425. The molecule has 1 N–H and O–H groups in total. The van der Waals surface area contributed by atoms with Gasteiger partial charge in [0.05, 0.1) is 13.2 Å². The van der Waals surface area contributed by atoms with E-state index in [2.05, 4.69) is 6.07 Å². The van der Waals surface area contributed by atoms with Gasteiger partial charge in [0.15, 0.2) is 6.10 Å². The number of rotatable bonds is 5. The summed E-state index contributed by atoms with van der Waals surface area (Å²) in [6, 6.07) is 6.08. The third-order valence-corrected chi connectivity index (χ3v) is 2.86. The van der Waals surface area contributed by atoms with E-state index < -0.39 is 12.1 Å². The van der Waals surface area contributed by atoms with Crippen LogP contribution in [0.4, 0.5) is 0 Å². The smallest absolute Gasteiger partial charge is 0.332 e. The van der Waals surface area contributed by atoms with Crippen LogP contribution < -0.4 is 4.74 Å². The number of aliphatic carboxylic acids is 1. The fraction of sp³-hybridized carbons (Fsp3) is 0.462. The molecule has 1 aliphatic rings. The molecule has 0 saturated heterocycles. The predicted molar refractivity (Wildman–Crippen MR) is 62.4 cm³/mol. The molecule has 4 nitrogen and oxygen atoms in total. The first-order chi connectivity index (χ1) is 8.16. The molecule has 17 heavy (non-hydrogen) atoms. The Morgan fingerprint density at radius 3 is 3.18 bits per heavy atom. The fourth-order valence-electron chi connectivity index (χ4n) is 1.82. The Balaban J connectivity index is 1.85. The zero-order chi connectivity index (χ0) is 12.3. The van der Waals surface area contributed by atoms with Gasteiger partial charge >= 0.3 is 5.97 Å². The van der Waals surface area contributed by atoms with E-state index in [0.717, 1.165) is 30.8 Å². The van der Waals surface area contributed by atoms with Gasteiger partial charge in [-0.1, -0.05) is 12.1 Å². The molecule has 0 amide bonds. The van der Waals surface area contributed by atoms with Gasteiger partial charge in [0.2, 0.25) is 0 Å². The molecule has 1 heterocycles. The van der Waals surface area contributed by atoms with Crippen LogP contribution >= 0.6 is 0 Å². The first-order valence-corrected chi connectivity index (χ1v) is 5.76. The molecule has 0 fully saturated rings. The molecule has 92 valence electrons. The van der Waals surface area contributed by atoms with Crippen LogP contribution in [0.5, 0.6) is 5.75 Å². The molecular formula is C13H16O4. The summed E-state index contributed by atoms with van der Waals surface area (Å²) in [6.45, 7) is 2.72. The van der Waals surface area contributed by atoms with Crippen LogP contribution in [0.25, 0.3) is 0 Å². The number of carboxylic acid groups (broad SMARTS) is 1. The second kappa shape index (κ2) is 5.19. The molecule has 2 rings (SSSR count). The minimum Gasteiger partial charge on any atom is -0.493 e. The molecule has 0 saturated carbocycles. The first-order valence-electron chi connectivity index (χ1n) is 5.76. The summed E-state index contributed by atoms with van der Waals surface area (Å²) >= 11 is 0. The predicted octanol–water partition coefficient (Wildman–Crippen LogP) is 1.65. The summed E-state index contributed by atoms with van der Waals surface area (Å²) in [5, 5.41) is 8.66. The van der Waals surface area contributed by atoms with Crippen molar-refractivity contribution in [2.24, 2.45) is 0 Å². The Kier molecular flexibility index (Phi) is 3.64. The lowest BCUT2D eigenvalue weighted by atomic mass is 10.1. The molecule has 1 aliphatic heterocycles. The topological polar surface area (TPSA) is 55.8 Å². The Bertz CT molecular complexity index is 414. The highest BCUT2D eigenvalue weighted by molar-refractivity contribution is 5.71. The SMILES string of the molecule is C[C@@H](OCCc1ccc2c(c1)CCO2)C(=O)O. The lowest BCUT2D eigenvalue weighted by Crippen LogP contribution is -2.20. The Labute approximate surface area is 100 Å². The average Bonchev–Trinajstić information content (AvgIpc) is 2.75. The van der Waals surface area contributed by atoms with Crippen molar-refractivity contribution in [3.63, 3.8) is 0 Å². The van der Waals surface area contributed by atoms with Gasteiger partial charge in [-0.25, -0.2) is 4.79 Å². The maximum Gasteiger partial charge on any atom is 0.332 e. The van der Waals surface area contributed by atoms with Gasteiger partial charge in [-0.2, -0.15) is 0 Å². The zero-order valence-corrected chi connectivity index (χ0v) is 9.81. The quantitative estimate of drug-likeness (QED) is 0.844. The second-order valence-corrected chi connectivity index (χ2v) is 4.14. The molecule has 0 aliphatic carbocycles. The van der Waals surface area contributed by atoms with Gasteiger partial charge in [-0.05, 0) is 30.5 Å². The highest BCUT2D eigenvalue weighted by Crippen LogP contribution is 2.25. The van der Waals surface area contributed by atoms with Crippen LogP contribution in [0.2, 0.25) is 0 Å². The van der Waals surface area contributed by atoms with Crippen molar-refractivity contribution < 1.29 is 19.4 Å². The molecule has 4 heteroatoms. The van der Waals surface area contributed by atoms with E-state index in [9.17, 15) is 4.79 Å². The minimum atomic E-state index is -0.924. The minimum absolute atomic E-state index is 0.424. The highest BCUT2D eigenvalue weighted by Gasteiger charge is 2.13. The molecule has 1 aromatic carbocycles. The first kappa shape index (κ1) is 11.9. The number of benzene rings is 1. The van der Waals surface area contributed by atoms with Crippen LogP contribution in [0.3, 0.4) is 0 Å². The summed E-state index contributed by atoms with van der Waals surface area (Å²) in [5.41, 5.74) is 2.39. The van der Waals surface area contributed by atoms with Crippen LogP contribution in [0.1, 0.15) is 18.1 Å². The van der Waals surface area contributed by atoms with E-state index in [4.69, 9.17) is 14.6 Å². The number of carbonyl (C=O) groups is 1. The van der Waals surface area contributed by atoms with Crippen molar-refractivity contribution in [1.82, 2.24) is 0 Å². The Hall–Kier alpha value is -1.55. The largest absolute Gasteiger partial charge is 0.493 e. The van der Waals surface area contributed by atoms with Crippen molar-refractivity contribution in [3.8, 4) is 5.75 Å². The Morgan fingerprint density at radius 1 is 1.59 bits per heavy atom. The van der Waals surface area contributed by atoms with E-state index in [1.54, 1.807) is 6.92 Å². The van der Waals surface area contributed by atoms with Gasteiger partial charge in [-0.15, -0.1) is 0 Å². The van der Waals surface area contributed by atoms with Gasteiger partial charge < -0.3 is 14.6 Å². The fourth-order valence-corrected chi connectivity index (χ4v) is 1.82. The second-order valence-electron chi connectivity index (χ2n) is 4.14. The van der Waals surface area contributed by atoms with Crippen molar-refractivity contribution >= 4 is 5.97 Å². The van der Waals surface area contributed by atoms with Crippen LogP contribution in [-0.4, -0.2) is 30.4 Å². The van der Waals surface area contributed by atoms with E-state index in [0.29, 0.717) is 6.61 Å². The number of ether oxygens (including phenoxy) is 2. The number of hydrogen-bond acceptors (Lipinski definition) is 3. The van der Waals surface area contributed by atoms with E-state index in [-0.39, 0.29) is 0 Å². The summed E-state index contributed by atoms with van der Waals surface area (Å²) < 4.78 is 10.6. The van der Waals surface area contributed by atoms with Crippen molar-refractivity contribution in [3.05, 3.63) is 29.3 Å². The van der Waals surface area contributed by atoms with Crippen molar-refractivity contribution in [2.45, 2.75) is 25.9 Å². The van der Waals surface area contributed by atoms with Gasteiger partial charge in [0.1, 0.15) is 5.75 Å². The van der Waals surface area contributed by atoms with Gasteiger partial charge in [0, 0.05) is 6.42 Å². The molecule has 1 aromatic rings. The van der Waals surface area contributed by atoms with E-state index in [1.165, 1.54) is 5.56 Å². The van der Waals surface area contributed by atoms with Crippen LogP contribution in [0, 0.1) is 0 Å². The molecule has 1 atom stereocenters. The number of carboxylic acids is 1. The molecule has 0 unspecified atom stereocenters. The molecule has 0 radical (unpaired) electrons. The van der Waals surface area contributed by atoms with Crippen molar-refractivity contribution in [2.75, 3.05) is 13.2 Å². The normalized spacial score (nSPS) is 15.1. The third kappa shape index (κ3) is 2.97. The number of hydrogen-bond donors (Lipinski definition) is 1. The van der Waals surface area contributed by atoms with E-state index >= 15 is 0 Å². The highest BCUT2D eigenvalue weighted by atomic mass is 16.5. The molecule has 0 bridgehead atoms. The summed E-state index contributed by atoms with van der Waals surface area (Å²) in [4.78, 5) is 10.6. The Morgan fingerprint density at radius 2 is 2.41 bits per heavy atom. The van der Waals surface area contributed by atoms with E-state index in [1.807, 2.05) is 12.1 Å². The van der Waals surface area contributed by atoms with Crippen LogP contribution in [-0.2, 0) is 22.4 Å². The number of fused-ring (bicyclic) bond motifs is 1. The molecular weight excluding hydrogens is 220 g/mol. The summed E-state index contributed by atoms with van der Waals surface area (Å²) in [7, 11) is 0. The zero-order valence-electron chi connectivity index (χ0n) is 9.81. The average molecular weight is 236 g/mol. The van der Waals surface area contributed by atoms with Crippen molar-refractivity contribution in [1.29, 1.82) is 0 Å². The van der Waals surface area contributed by atoms with Gasteiger partial charge in [0.25, 0.3) is 0 Å². The standard InChI is InChI=1S/C13H16O4/c1-9(13(14)15)16-6-4-10-2-3-12-11(8-10)5-7-17-12/h2-3,8-9H,4-7H2,1H3,(H,14,15)/t9-/m1/s1. The van der Waals surface area contributed by atoms with Gasteiger partial charge in [-0.3, -0.25) is 0 Å². The maximum absolute atomic E-state index is 10.6. The van der Waals surface area contributed by atoms with Crippen LogP contribution in [0.15, 0.2) is 18.2 Å². The molecule has 0 spiro atoms. The summed E-state index contributed by atoms with van der Waals surface area (Å²) in [6.07, 6.45) is 0.938. The lowest BCUT2D eigenvalue weighted by molar-refractivity contribution is -0.149. The lowest BCUT2D eigenvalue weighted by Gasteiger charge is -2.08.